The highest BCUT2D eigenvalue weighted by Crippen LogP contribution is 2.41. The number of hydrogen-bond acceptors (Lipinski definition) is 5. The number of fused-ring (bicyclic) bond motifs is 3. The van der Waals surface area contributed by atoms with Gasteiger partial charge in [0.05, 0.1) is 10.4 Å². The van der Waals surface area contributed by atoms with Crippen LogP contribution in [0.5, 0.6) is 11.5 Å². The highest BCUT2D eigenvalue weighted by Gasteiger charge is 2.23. The number of aryl methyl sites for hydroxylation is 1. The zero-order chi connectivity index (χ0) is 17.8. The van der Waals surface area contributed by atoms with Gasteiger partial charge >= 0.3 is 0 Å². The van der Waals surface area contributed by atoms with E-state index < -0.39 is 0 Å². The molecular formula is C19H15ClN2O3S. The first-order chi connectivity index (χ1) is 12.6. The summed E-state index contributed by atoms with van der Waals surface area (Å²) in [6.07, 6.45) is 3.71. The number of halogens is 1. The summed E-state index contributed by atoms with van der Waals surface area (Å²) in [5.74, 6) is 1.98. The van der Waals surface area contributed by atoms with Crippen LogP contribution in [0.25, 0.3) is 21.9 Å². The molecule has 4 heterocycles. The van der Waals surface area contributed by atoms with Gasteiger partial charge in [0.15, 0.2) is 11.5 Å². The van der Waals surface area contributed by atoms with Crippen LogP contribution in [0.1, 0.15) is 29.6 Å². The quantitative estimate of drug-likeness (QED) is 0.657. The predicted molar refractivity (Wildman–Crippen MR) is 103 cm³/mol. The van der Waals surface area contributed by atoms with Crippen LogP contribution < -0.4 is 15.0 Å². The van der Waals surface area contributed by atoms with E-state index in [2.05, 4.69) is 6.92 Å². The van der Waals surface area contributed by atoms with Crippen molar-refractivity contribution in [1.82, 2.24) is 9.55 Å². The van der Waals surface area contributed by atoms with E-state index in [9.17, 15) is 4.79 Å². The number of nitrogens with zero attached hydrogens (tertiary/aromatic N) is 2. The molecule has 2 aliphatic rings. The lowest BCUT2D eigenvalue weighted by Crippen LogP contribution is -2.19. The summed E-state index contributed by atoms with van der Waals surface area (Å²) in [6.45, 7) is 2.92. The van der Waals surface area contributed by atoms with Crippen molar-refractivity contribution in [1.29, 1.82) is 0 Å². The molecule has 0 fully saturated rings. The Hall–Kier alpha value is -2.31. The Morgan fingerprint density at radius 2 is 2.23 bits per heavy atom. The summed E-state index contributed by atoms with van der Waals surface area (Å²) < 4.78 is 12.6. The van der Waals surface area contributed by atoms with Crippen LogP contribution in [-0.2, 0) is 13.0 Å². The van der Waals surface area contributed by atoms with Crippen LogP contribution in [-0.4, -0.2) is 16.3 Å². The van der Waals surface area contributed by atoms with Crippen LogP contribution in [0.3, 0.4) is 0 Å². The van der Waals surface area contributed by atoms with Crippen molar-refractivity contribution in [2.45, 2.75) is 26.3 Å². The predicted octanol–water partition coefficient (Wildman–Crippen LogP) is 4.35. The fourth-order valence-electron chi connectivity index (χ4n) is 3.45. The third-order valence-electron chi connectivity index (χ3n) is 4.73. The first kappa shape index (κ1) is 15.9. The molecule has 7 heteroatoms. The van der Waals surface area contributed by atoms with Crippen molar-refractivity contribution in [3.05, 3.63) is 49.8 Å². The van der Waals surface area contributed by atoms with E-state index in [1.807, 2.05) is 24.3 Å². The maximum atomic E-state index is 12.8. The van der Waals surface area contributed by atoms with Crippen molar-refractivity contribution in [3.8, 4) is 11.5 Å². The molecule has 0 spiro atoms. The van der Waals surface area contributed by atoms with Gasteiger partial charge in [-0.2, -0.15) is 0 Å². The lowest BCUT2D eigenvalue weighted by molar-refractivity contribution is 0.174. The van der Waals surface area contributed by atoms with E-state index >= 15 is 0 Å². The van der Waals surface area contributed by atoms with Gasteiger partial charge < -0.3 is 9.47 Å². The van der Waals surface area contributed by atoms with Crippen molar-refractivity contribution >= 4 is 44.8 Å². The molecule has 0 N–H and O–H groups in total. The van der Waals surface area contributed by atoms with Gasteiger partial charge in [-0.3, -0.25) is 9.36 Å². The smallest absolute Gasteiger partial charge is 0.262 e. The number of rotatable bonds is 2. The fraction of sp³-hybridized carbons (Fsp3) is 0.263. The molecule has 0 atom stereocenters. The van der Waals surface area contributed by atoms with Gasteiger partial charge in [-0.25, -0.2) is 4.98 Å². The Morgan fingerprint density at radius 1 is 1.35 bits per heavy atom. The molecule has 0 bridgehead atoms. The maximum Gasteiger partial charge on any atom is 0.262 e. The first-order valence-electron chi connectivity index (χ1n) is 8.47. The maximum absolute atomic E-state index is 12.8. The number of hydrogen-bond donors (Lipinski definition) is 0. The summed E-state index contributed by atoms with van der Waals surface area (Å²) in [5, 5.41) is 1.25. The fourth-order valence-corrected chi connectivity index (χ4v) is 4.68. The van der Waals surface area contributed by atoms with E-state index in [4.69, 9.17) is 26.1 Å². The number of aromatic nitrogens is 2. The van der Waals surface area contributed by atoms with E-state index in [1.54, 1.807) is 15.9 Å². The van der Waals surface area contributed by atoms with Crippen molar-refractivity contribution in [2.75, 3.05) is 6.79 Å². The average molecular weight is 387 g/mol. The Labute approximate surface area is 158 Å². The van der Waals surface area contributed by atoms with E-state index in [0.717, 1.165) is 40.0 Å². The molecule has 0 unspecified atom stereocenters. The Kier molecular flexibility index (Phi) is 3.58. The molecule has 0 radical (unpaired) electrons. The highest BCUT2D eigenvalue weighted by molar-refractivity contribution is 7.18. The molecule has 0 saturated heterocycles. The van der Waals surface area contributed by atoms with Crippen LogP contribution in [0.2, 0.25) is 5.02 Å². The van der Waals surface area contributed by atoms with Gasteiger partial charge in [-0.1, -0.05) is 18.5 Å². The molecule has 0 aliphatic carbocycles. The molecular weight excluding hydrogens is 372 g/mol. The second kappa shape index (κ2) is 5.86. The molecule has 5 nitrogen and oxygen atoms in total. The standard InChI is InChI=1S/C19H15ClN2O3S/c1-2-12-8-13-18(26-12)21-17-11(3-4-22(17)19(13)23)5-10-6-14(20)16-15(7-10)24-9-25-16/h5-8H,2-4,9H2,1H3/b11-5+. The summed E-state index contributed by atoms with van der Waals surface area (Å²) in [7, 11) is 0. The number of allylic oxidation sites excluding steroid dienone is 1. The summed E-state index contributed by atoms with van der Waals surface area (Å²) >= 11 is 7.87. The molecule has 3 aromatic rings. The second-order valence-electron chi connectivity index (χ2n) is 6.33. The van der Waals surface area contributed by atoms with Gasteiger partial charge in [0.2, 0.25) is 6.79 Å². The van der Waals surface area contributed by atoms with Gasteiger partial charge in [-0.15, -0.1) is 11.3 Å². The van der Waals surface area contributed by atoms with Gasteiger partial charge in [-0.05, 0) is 48.3 Å². The van der Waals surface area contributed by atoms with E-state index in [-0.39, 0.29) is 12.4 Å². The lowest BCUT2D eigenvalue weighted by Gasteiger charge is -2.04. The van der Waals surface area contributed by atoms with Crippen LogP contribution >= 0.6 is 22.9 Å². The Bertz CT molecular complexity index is 1150. The molecule has 2 aliphatic heterocycles. The highest BCUT2D eigenvalue weighted by atomic mass is 35.5. The SMILES string of the molecule is CCc1cc2c(=O)n3c(nc2s1)/C(=C/c1cc(Cl)c2c(c1)OCO2)CC3. The van der Waals surface area contributed by atoms with Crippen LogP contribution in [0.4, 0.5) is 0 Å². The minimum Gasteiger partial charge on any atom is -0.454 e. The first-order valence-corrected chi connectivity index (χ1v) is 9.67. The van der Waals surface area contributed by atoms with Crippen molar-refractivity contribution in [2.24, 2.45) is 0 Å². The van der Waals surface area contributed by atoms with Crippen LogP contribution in [0, 0.1) is 0 Å². The normalized spacial score (nSPS) is 16.6. The van der Waals surface area contributed by atoms with Gasteiger partial charge in [0.1, 0.15) is 10.7 Å². The Balaban J connectivity index is 1.64. The third kappa shape index (κ3) is 2.36. The molecule has 0 amide bonds. The van der Waals surface area contributed by atoms with Crippen molar-refractivity contribution < 1.29 is 9.47 Å². The van der Waals surface area contributed by atoms with Crippen molar-refractivity contribution in [3.63, 3.8) is 0 Å². The van der Waals surface area contributed by atoms with Gasteiger partial charge in [0, 0.05) is 11.4 Å². The summed E-state index contributed by atoms with van der Waals surface area (Å²) in [5.41, 5.74) is 2.00. The zero-order valence-corrected chi connectivity index (χ0v) is 15.6. The minimum absolute atomic E-state index is 0.0491. The van der Waals surface area contributed by atoms with E-state index in [0.29, 0.717) is 23.1 Å². The number of benzene rings is 1. The monoisotopic (exact) mass is 386 g/mol. The summed E-state index contributed by atoms with van der Waals surface area (Å²) in [4.78, 5) is 19.6. The number of ether oxygens (including phenoxy) is 2. The second-order valence-corrected chi connectivity index (χ2v) is 7.86. The molecule has 0 saturated carbocycles. The molecule has 132 valence electrons. The Morgan fingerprint density at radius 3 is 3.08 bits per heavy atom. The topological polar surface area (TPSA) is 53.4 Å². The third-order valence-corrected chi connectivity index (χ3v) is 6.19. The van der Waals surface area contributed by atoms with Crippen LogP contribution in [0.15, 0.2) is 23.0 Å². The average Bonchev–Trinajstić information content (AvgIpc) is 3.34. The lowest BCUT2D eigenvalue weighted by atomic mass is 10.1. The van der Waals surface area contributed by atoms with Gasteiger partial charge in [0.25, 0.3) is 5.56 Å². The molecule has 2 aromatic heterocycles. The summed E-state index contributed by atoms with van der Waals surface area (Å²) in [6, 6.07) is 5.73. The molecule has 5 rings (SSSR count). The minimum atomic E-state index is 0.0491. The van der Waals surface area contributed by atoms with E-state index in [1.165, 1.54) is 4.88 Å². The molecule has 26 heavy (non-hydrogen) atoms. The zero-order valence-electron chi connectivity index (χ0n) is 14.0. The largest absolute Gasteiger partial charge is 0.454 e. The molecule has 1 aromatic carbocycles. The number of thiophene rings is 1.